The van der Waals surface area contributed by atoms with Gasteiger partial charge in [0.2, 0.25) is 21.8 Å². The molecule has 0 spiro atoms. The number of nitrogens with zero attached hydrogens (tertiary/aromatic N) is 2. The molecule has 2 aromatic rings. The molecule has 2 amide bonds. The fourth-order valence-electron chi connectivity index (χ4n) is 3.43. The maximum Gasteiger partial charge on any atom is 0.244 e. The zero-order valence-corrected chi connectivity index (χ0v) is 24.0. The van der Waals surface area contributed by atoms with Crippen LogP contribution in [0, 0.1) is 5.92 Å². The first-order valence-electron chi connectivity index (χ1n) is 11.1. The maximum atomic E-state index is 13.6. The maximum absolute atomic E-state index is 13.6. The lowest BCUT2D eigenvalue weighted by molar-refractivity contribution is -0.140. The Balaban J connectivity index is 2.46. The predicted molar refractivity (Wildman–Crippen MR) is 145 cm³/mol. The van der Waals surface area contributed by atoms with Crippen LogP contribution in [0.1, 0.15) is 32.8 Å². The Kier molecular flexibility index (Phi) is 10.9. The number of sulfonamides is 1. The number of anilines is 1. The molecule has 35 heavy (non-hydrogen) atoms. The SMILES string of the molecule is CC[C@@H](C(=O)NCC(C)C)N(Cc1ccc(Cl)c(Cl)c1)C(=O)CN(c1ccccc1Br)S(C)(=O)=O. The molecule has 11 heteroatoms. The van der Waals surface area contributed by atoms with Gasteiger partial charge in [0.05, 0.1) is 22.0 Å². The topological polar surface area (TPSA) is 86.8 Å². The van der Waals surface area contributed by atoms with Gasteiger partial charge in [-0.1, -0.05) is 62.2 Å². The third-order valence-electron chi connectivity index (χ3n) is 5.21. The monoisotopic (exact) mass is 605 g/mol. The van der Waals surface area contributed by atoms with Gasteiger partial charge >= 0.3 is 0 Å². The van der Waals surface area contributed by atoms with Gasteiger partial charge in [-0.05, 0) is 58.1 Å². The van der Waals surface area contributed by atoms with E-state index in [1.807, 2.05) is 13.8 Å². The Bertz CT molecular complexity index is 1160. The van der Waals surface area contributed by atoms with Crippen LogP contribution in [-0.2, 0) is 26.2 Å². The van der Waals surface area contributed by atoms with Crippen molar-refractivity contribution in [2.45, 2.75) is 39.8 Å². The smallest absolute Gasteiger partial charge is 0.244 e. The van der Waals surface area contributed by atoms with Crippen LogP contribution in [0.4, 0.5) is 5.69 Å². The van der Waals surface area contributed by atoms with Gasteiger partial charge in [0.25, 0.3) is 0 Å². The van der Waals surface area contributed by atoms with Gasteiger partial charge in [-0.3, -0.25) is 13.9 Å². The van der Waals surface area contributed by atoms with Crippen LogP contribution in [0.25, 0.3) is 0 Å². The minimum absolute atomic E-state index is 0.0525. The number of halogens is 3. The minimum Gasteiger partial charge on any atom is -0.354 e. The lowest BCUT2D eigenvalue weighted by Gasteiger charge is -2.33. The van der Waals surface area contributed by atoms with Crippen LogP contribution in [0.3, 0.4) is 0 Å². The summed E-state index contributed by atoms with van der Waals surface area (Å²) in [6.45, 7) is 5.78. The molecule has 0 radical (unpaired) electrons. The summed E-state index contributed by atoms with van der Waals surface area (Å²) in [5.41, 5.74) is 0.991. The van der Waals surface area contributed by atoms with Crippen LogP contribution >= 0.6 is 39.1 Å². The normalized spacial score (nSPS) is 12.3. The Morgan fingerprint density at radius 1 is 1.09 bits per heavy atom. The largest absolute Gasteiger partial charge is 0.354 e. The third-order valence-corrected chi connectivity index (χ3v) is 7.74. The molecule has 7 nitrogen and oxygen atoms in total. The Labute approximate surface area is 225 Å². The van der Waals surface area contributed by atoms with Crippen molar-refractivity contribution >= 4 is 66.7 Å². The van der Waals surface area contributed by atoms with E-state index >= 15 is 0 Å². The zero-order chi connectivity index (χ0) is 26.3. The van der Waals surface area contributed by atoms with Gasteiger partial charge in [-0.2, -0.15) is 0 Å². The van der Waals surface area contributed by atoms with Gasteiger partial charge in [-0.15, -0.1) is 0 Å². The van der Waals surface area contributed by atoms with Crippen molar-refractivity contribution in [3.63, 3.8) is 0 Å². The Morgan fingerprint density at radius 3 is 2.29 bits per heavy atom. The predicted octanol–water partition coefficient (Wildman–Crippen LogP) is 5.10. The molecule has 0 aromatic heterocycles. The first-order valence-corrected chi connectivity index (χ1v) is 14.5. The summed E-state index contributed by atoms with van der Waals surface area (Å²) in [5.74, 6) is -0.600. The van der Waals surface area contributed by atoms with E-state index in [0.29, 0.717) is 38.7 Å². The van der Waals surface area contributed by atoms with Gasteiger partial charge in [0.15, 0.2) is 0 Å². The lowest BCUT2D eigenvalue weighted by atomic mass is 10.1. The van der Waals surface area contributed by atoms with Crippen molar-refractivity contribution in [3.8, 4) is 0 Å². The van der Waals surface area contributed by atoms with E-state index in [1.54, 1.807) is 49.4 Å². The molecule has 0 aliphatic carbocycles. The van der Waals surface area contributed by atoms with Gasteiger partial charge in [-0.25, -0.2) is 8.42 Å². The van der Waals surface area contributed by atoms with E-state index < -0.39 is 28.5 Å². The summed E-state index contributed by atoms with van der Waals surface area (Å²) < 4.78 is 26.9. The molecule has 1 N–H and O–H groups in total. The van der Waals surface area contributed by atoms with Crippen LogP contribution < -0.4 is 9.62 Å². The summed E-state index contributed by atoms with van der Waals surface area (Å²) in [6, 6.07) is 10.9. The van der Waals surface area contributed by atoms with Gasteiger partial charge in [0, 0.05) is 17.6 Å². The molecule has 0 fully saturated rings. The minimum atomic E-state index is -3.81. The van der Waals surface area contributed by atoms with E-state index in [2.05, 4.69) is 21.2 Å². The second kappa shape index (κ2) is 12.9. The highest BCUT2D eigenvalue weighted by Gasteiger charge is 2.32. The van der Waals surface area contributed by atoms with Crippen LogP contribution in [0.5, 0.6) is 0 Å². The van der Waals surface area contributed by atoms with Crippen molar-refractivity contribution in [2.75, 3.05) is 23.7 Å². The summed E-state index contributed by atoms with van der Waals surface area (Å²) in [4.78, 5) is 28.1. The Morgan fingerprint density at radius 2 is 1.74 bits per heavy atom. The molecule has 0 bridgehead atoms. The molecule has 0 saturated heterocycles. The summed E-state index contributed by atoms with van der Waals surface area (Å²) >= 11 is 15.6. The highest BCUT2D eigenvalue weighted by molar-refractivity contribution is 9.10. The highest BCUT2D eigenvalue weighted by Crippen LogP contribution is 2.28. The number of hydrogen-bond donors (Lipinski definition) is 1. The zero-order valence-electron chi connectivity index (χ0n) is 20.1. The van der Waals surface area contributed by atoms with Crippen molar-refractivity contribution < 1.29 is 18.0 Å². The lowest BCUT2D eigenvalue weighted by Crippen LogP contribution is -2.52. The molecule has 2 aromatic carbocycles. The first kappa shape index (κ1) is 29.4. The van der Waals surface area contributed by atoms with E-state index in [1.165, 1.54) is 4.90 Å². The summed E-state index contributed by atoms with van der Waals surface area (Å²) in [7, 11) is -3.81. The van der Waals surface area contributed by atoms with E-state index in [0.717, 1.165) is 10.6 Å². The second-order valence-electron chi connectivity index (χ2n) is 8.55. The number of rotatable bonds is 11. The molecule has 0 unspecified atom stereocenters. The fourth-order valence-corrected chi connectivity index (χ4v) is 5.22. The number of hydrogen-bond acceptors (Lipinski definition) is 4. The van der Waals surface area contributed by atoms with E-state index in [9.17, 15) is 18.0 Å². The highest BCUT2D eigenvalue weighted by atomic mass is 79.9. The summed E-state index contributed by atoms with van der Waals surface area (Å²) in [6.07, 6.45) is 1.38. The van der Waals surface area contributed by atoms with Crippen LogP contribution in [0.2, 0.25) is 10.0 Å². The quantitative estimate of drug-likeness (QED) is 0.385. The summed E-state index contributed by atoms with van der Waals surface area (Å²) in [5, 5.41) is 3.57. The van der Waals surface area contributed by atoms with E-state index in [-0.39, 0.29) is 18.4 Å². The molecule has 1 atom stereocenters. The van der Waals surface area contributed by atoms with Gasteiger partial charge < -0.3 is 10.2 Å². The number of benzene rings is 2. The molecule has 2 rings (SSSR count). The standard InChI is InChI=1S/C24H30BrCl2N3O4S/c1-5-21(24(32)28-13-16(2)3)29(14-17-10-11-19(26)20(27)12-17)23(31)15-30(35(4,33)34)22-9-7-6-8-18(22)25/h6-12,16,21H,5,13-15H2,1-4H3,(H,28,32)/t21-/m0/s1. The second-order valence-corrected chi connectivity index (χ2v) is 12.1. The third kappa shape index (κ3) is 8.37. The van der Waals surface area contributed by atoms with Crippen molar-refractivity contribution in [1.29, 1.82) is 0 Å². The molecular weight excluding hydrogens is 577 g/mol. The molecule has 0 heterocycles. The molecule has 0 aliphatic rings. The van der Waals surface area contributed by atoms with Crippen molar-refractivity contribution in [2.24, 2.45) is 5.92 Å². The molecular formula is C24H30BrCl2N3O4S. The number of carbonyl (C=O) groups excluding carboxylic acids is 2. The van der Waals surface area contributed by atoms with Crippen LogP contribution in [-0.4, -0.2) is 50.5 Å². The molecule has 0 aliphatic heterocycles. The number of nitrogens with one attached hydrogen (secondary N) is 1. The average molecular weight is 607 g/mol. The number of para-hydroxylation sites is 1. The Hall–Kier alpha value is -1.81. The first-order chi connectivity index (χ1) is 16.3. The van der Waals surface area contributed by atoms with Gasteiger partial charge in [0.1, 0.15) is 12.6 Å². The molecule has 0 saturated carbocycles. The fraction of sp³-hybridized carbons (Fsp3) is 0.417. The van der Waals surface area contributed by atoms with E-state index in [4.69, 9.17) is 23.2 Å². The van der Waals surface area contributed by atoms with Crippen molar-refractivity contribution in [1.82, 2.24) is 10.2 Å². The average Bonchev–Trinajstić information content (AvgIpc) is 2.78. The number of amides is 2. The number of carbonyl (C=O) groups is 2. The van der Waals surface area contributed by atoms with Crippen LogP contribution in [0.15, 0.2) is 46.9 Å². The van der Waals surface area contributed by atoms with Crippen molar-refractivity contribution in [3.05, 3.63) is 62.5 Å². The molecule has 192 valence electrons.